The fourth-order valence-electron chi connectivity index (χ4n) is 8.03. The topological polar surface area (TPSA) is 157 Å². The van der Waals surface area contributed by atoms with Crippen LogP contribution >= 0.6 is 0 Å². The van der Waals surface area contributed by atoms with Gasteiger partial charge in [0, 0.05) is 45.4 Å². The van der Waals surface area contributed by atoms with Crippen molar-refractivity contribution in [3.63, 3.8) is 0 Å². The van der Waals surface area contributed by atoms with Gasteiger partial charge in [0.25, 0.3) is 0 Å². The third-order valence-electron chi connectivity index (χ3n) is 10.3. The van der Waals surface area contributed by atoms with E-state index in [-0.39, 0.29) is 31.8 Å². The molecule has 0 bridgehead atoms. The molecule has 0 aromatic carbocycles. The van der Waals surface area contributed by atoms with E-state index in [1.807, 2.05) is 27.7 Å². The van der Waals surface area contributed by atoms with Gasteiger partial charge in [-0.1, -0.05) is 20.8 Å². The molecule has 0 aromatic rings. The lowest BCUT2D eigenvalue weighted by molar-refractivity contribution is -0.216. The Labute approximate surface area is 257 Å². The zero-order chi connectivity index (χ0) is 32.4. The molecule has 11 atom stereocenters. The van der Waals surface area contributed by atoms with Crippen LogP contribution in [0.3, 0.4) is 0 Å². The van der Waals surface area contributed by atoms with E-state index in [0.29, 0.717) is 18.4 Å². The molecule has 0 radical (unpaired) electrons. The third-order valence-corrected chi connectivity index (χ3v) is 10.3. The molecule has 0 N–H and O–H groups in total. The van der Waals surface area contributed by atoms with E-state index in [9.17, 15) is 24.0 Å². The first kappa shape index (κ1) is 32.4. The van der Waals surface area contributed by atoms with Crippen LogP contribution in [0.2, 0.25) is 0 Å². The Balaban J connectivity index is 1.77. The molecule has 1 saturated carbocycles. The second-order valence-corrected chi connectivity index (χ2v) is 13.4. The highest BCUT2D eigenvalue weighted by Gasteiger charge is 2.89. The van der Waals surface area contributed by atoms with Crippen LogP contribution in [0, 0.1) is 11.3 Å². The van der Waals surface area contributed by atoms with E-state index < -0.39 is 88.5 Å². The molecule has 3 heterocycles. The monoisotopic (exact) mass is 620 g/mol. The molecule has 12 heteroatoms. The molecular weight excluding hydrogens is 576 g/mol. The van der Waals surface area contributed by atoms with Crippen molar-refractivity contribution in [1.29, 1.82) is 0 Å². The van der Waals surface area contributed by atoms with E-state index in [1.165, 1.54) is 13.8 Å². The molecule has 44 heavy (non-hydrogen) atoms. The largest absolute Gasteiger partial charge is 0.462 e. The third kappa shape index (κ3) is 4.92. The van der Waals surface area contributed by atoms with Crippen molar-refractivity contribution in [1.82, 2.24) is 0 Å². The zero-order valence-corrected chi connectivity index (χ0v) is 26.8. The minimum atomic E-state index is -1.48. The Morgan fingerprint density at radius 1 is 0.886 bits per heavy atom. The van der Waals surface area contributed by atoms with Gasteiger partial charge in [-0.3, -0.25) is 19.2 Å². The predicted octanol–water partition coefficient (Wildman–Crippen LogP) is 3.26. The second-order valence-electron chi connectivity index (χ2n) is 13.4. The Morgan fingerprint density at radius 2 is 1.48 bits per heavy atom. The fraction of sp³-hybridized carbons (Fsp3) is 0.781. The lowest BCUT2D eigenvalue weighted by Gasteiger charge is -2.54. The average molecular weight is 621 g/mol. The van der Waals surface area contributed by atoms with E-state index in [2.05, 4.69) is 0 Å². The molecule has 4 fully saturated rings. The van der Waals surface area contributed by atoms with Gasteiger partial charge in [0.05, 0.1) is 17.1 Å². The summed E-state index contributed by atoms with van der Waals surface area (Å²) in [4.78, 5) is 64.8. The molecule has 3 saturated heterocycles. The van der Waals surface area contributed by atoms with Crippen molar-refractivity contribution in [2.24, 2.45) is 11.3 Å². The highest BCUT2D eigenvalue weighted by Crippen LogP contribution is 2.69. The minimum absolute atomic E-state index is 0.0112. The van der Waals surface area contributed by atoms with E-state index >= 15 is 0 Å². The molecule has 0 aromatic heterocycles. The number of fused-ring (bicyclic) bond motifs is 3. The number of hydrogen-bond donors (Lipinski definition) is 0. The number of esters is 5. The van der Waals surface area contributed by atoms with Gasteiger partial charge in [0.15, 0.2) is 17.3 Å². The first-order valence-electron chi connectivity index (χ1n) is 15.6. The Morgan fingerprint density at radius 3 is 2.05 bits per heavy atom. The highest BCUT2D eigenvalue weighted by molar-refractivity contribution is 5.89. The Bertz CT molecular complexity index is 1280. The van der Waals surface area contributed by atoms with Crippen LogP contribution in [0.4, 0.5) is 0 Å². The lowest BCUT2D eigenvalue weighted by Crippen LogP contribution is -2.66. The van der Waals surface area contributed by atoms with Crippen LogP contribution in [-0.2, 0) is 57.1 Å². The van der Waals surface area contributed by atoms with Gasteiger partial charge >= 0.3 is 29.8 Å². The number of ether oxygens (including phenoxy) is 7. The van der Waals surface area contributed by atoms with E-state index in [0.717, 1.165) is 0 Å². The summed E-state index contributed by atoms with van der Waals surface area (Å²) in [5, 5.41) is 0. The maximum Gasteiger partial charge on any atom is 0.342 e. The summed E-state index contributed by atoms with van der Waals surface area (Å²) >= 11 is 0. The van der Waals surface area contributed by atoms with Crippen LogP contribution in [0.1, 0.15) is 93.9 Å². The second kappa shape index (κ2) is 11.1. The predicted molar refractivity (Wildman–Crippen MR) is 151 cm³/mol. The summed E-state index contributed by atoms with van der Waals surface area (Å²) < 4.78 is 42.8. The summed E-state index contributed by atoms with van der Waals surface area (Å²) in [5.41, 5.74) is -4.62. The van der Waals surface area contributed by atoms with E-state index in [1.54, 1.807) is 19.9 Å². The van der Waals surface area contributed by atoms with Crippen LogP contribution in [-0.4, -0.2) is 83.3 Å². The van der Waals surface area contributed by atoms with Crippen molar-refractivity contribution in [3.8, 4) is 0 Å². The SMILES string of the molecule is CCCC(=O)OC1CC(OC(=O)CCC)C2(C)C(OC(C)=O)CC3OC3(C)C2C(OC(C)=O)C23OC2(C)C(=O)OC3C=C1C. The minimum Gasteiger partial charge on any atom is -0.462 e. The number of epoxide rings is 2. The molecule has 11 unspecified atom stereocenters. The van der Waals surface area contributed by atoms with Gasteiger partial charge in [-0.25, -0.2) is 4.79 Å². The summed E-state index contributed by atoms with van der Waals surface area (Å²) in [7, 11) is 0. The summed E-state index contributed by atoms with van der Waals surface area (Å²) in [6.07, 6.45) is -1.92. The van der Waals surface area contributed by atoms with Crippen LogP contribution in [0.5, 0.6) is 0 Å². The molecule has 1 spiro atoms. The summed E-state index contributed by atoms with van der Waals surface area (Å²) in [6, 6.07) is 0. The normalized spacial score (nSPS) is 43.4. The molecule has 3 aliphatic heterocycles. The average Bonchev–Trinajstić information content (AvgIpc) is 3.75. The van der Waals surface area contributed by atoms with Crippen molar-refractivity contribution in [2.75, 3.05) is 0 Å². The van der Waals surface area contributed by atoms with Crippen molar-refractivity contribution < 1.29 is 57.1 Å². The highest BCUT2D eigenvalue weighted by atomic mass is 16.7. The lowest BCUT2D eigenvalue weighted by atomic mass is 9.53. The Kier molecular flexibility index (Phi) is 8.19. The summed E-state index contributed by atoms with van der Waals surface area (Å²) in [5.74, 6) is -3.54. The molecule has 244 valence electrons. The quantitative estimate of drug-likeness (QED) is 0.169. The fourth-order valence-corrected chi connectivity index (χ4v) is 8.03. The van der Waals surface area contributed by atoms with E-state index in [4.69, 9.17) is 33.2 Å². The standard InChI is InChI=1S/C32H44O12/c1-9-11-24(35)40-19-14-20(41-25(36)12-10-2)29(6)21(38-17(4)33)15-22-30(7,43-22)26(29)27(39-18(5)34)32-23(13-16(19)3)42-28(37)31(32,8)44-32/h13,19-23,26-27H,9-12,14-15H2,1-8H3. The molecular formula is C32H44O12. The van der Waals surface area contributed by atoms with Crippen molar-refractivity contribution in [3.05, 3.63) is 11.6 Å². The number of carbonyl (C=O) groups excluding carboxylic acids is 5. The summed E-state index contributed by atoms with van der Waals surface area (Å²) in [6.45, 7) is 13.3. The molecule has 0 amide bonds. The first-order chi connectivity index (χ1) is 20.6. The van der Waals surface area contributed by atoms with Crippen LogP contribution in [0.25, 0.3) is 0 Å². The maximum atomic E-state index is 13.3. The number of hydrogen-bond acceptors (Lipinski definition) is 12. The molecule has 2 aliphatic carbocycles. The van der Waals surface area contributed by atoms with Crippen LogP contribution < -0.4 is 0 Å². The molecule has 12 nitrogen and oxygen atoms in total. The van der Waals surface area contributed by atoms with Gasteiger partial charge < -0.3 is 33.2 Å². The zero-order valence-electron chi connectivity index (χ0n) is 26.8. The van der Waals surface area contributed by atoms with Crippen molar-refractivity contribution >= 4 is 29.8 Å². The number of rotatable bonds is 8. The number of carbonyl (C=O) groups is 5. The van der Waals surface area contributed by atoms with Gasteiger partial charge in [0.2, 0.25) is 0 Å². The molecule has 5 rings (SSSR count). The first-order valence-corrected chi connectivity index (χ1v) is 15.6. The van der Waals surface area contributed by atoms with Crippen molar-refractivity contribution in [2.45, 2.75) is 147 Å². The van der Waals surface area contributed by atoms with Crippen LogP contribution in [0.15, 0.2) is 11.6 Å². The van der Waals surface area contributed by atoms with Gasteiger partial charge in [0.1, 0.15) is 24.4 Å². The van der Waals surface area contributed by atoms with Gasteiger partial charge in [-0.2, -0.15) is 0 Å². The van der Waals surface area contributed by atoms with Gasteiger partial charge in [-0.15, -0.1) is 0 Å². The Hall–Kier alpha value is -2.99. The smallest absolute Gasteiger partial charge is 0.342 e. The molecule has 5 aliphatic rings. The van der Waals surface area contributed by atoms with Gasteiger partial charge in [-0.05, 0) is 45.3 Å². The maximum absolute atomic E-state index is 13.3.